The smallest absolute Gasteiger partial charge is 0.351 e. The van der Waals surface area contributed by atoms with Gasteiger partial charge in [0.1, 0.15) is 5.70 Å². The van der Waals surface area contributed by atoms with Gasteiger partial charge in [-0.25, -0.2) is 4.79 Å². The second-order valence-electron chi connectivity index (χ2n) is 9.29. The van der Waals surface area contributed by atoms with Crippen LogP contribution in [-0.4, -0.2) is 124 Å². The molecule has 0 saturated carbocycles. The minimum atomic E-state index is -1.00. The predicted octanol–water partition coefficient (Wildman–Crippen LogP) is -1.21. The number of piperazine rings is 3. The third kappa shape index (κ3) is 8.32. The van der Waals surface area contributed by atoms with Crippen LogP contribution in [0.3, 0.4) is 0 Å². The molecule has 0 aromatic heterocycles. The van der Waals surface area contributed by atoms with Gasteiger partial charge in [-0.15, -0.1) is 0 Å². The van der Waals surface area contributed by atoms with Gasteiger partial charge in [0.2, 0.25) is 0 Å². The number of carboxylic acids is 1. The van der Waals surface area contributed by atoms with E-state index in [-0.39, 0.29) is 11.1 Å². The molecule has 0 bridgehead atoms. The topological polar surface area (TPSA) is 109 Å². The lowest BCUT2D eigenvalue weighted by Crippen LogP contribution is -2.47. The monoisotopic (exact) mass is 437 g/mol. The van der Waals surface area contributed by atoms with E-state index >= 15 is 0 Å². The summed E-state index contributed by atoms with van der Waals surface area (Å²) in [5, 5.41) is 19.8. The molecule has 0 radical (unpaired) electrons. The number of aliphatic carboxylic acids is 1. The van der Waals surface area contributed by atoms with E-state index in [1.165, 1.54) is 0 Å². The second-order valence-corrected chi connectivity index (χ2v) is 9.29. The number of nitrogens with two attached hydrogens (primary N) is 1. The number of hydrogen-bond donors (Lipinski definition) is 5. The van der Waals surface area contributed by atoms with Crippen molar-refractivity contribution in [3.8, 4) is 0 Å². The number of nitrogens with zero attached hydrogens (tertiary/aromatic N) is 3. The minimum absolute atomic E-state index is 0.000863. The van der Waals surface area contributed by atoms with Gasteiger partial charge in [-0.05, 0) is 50.4 Å². The first kappa shape index (κ1) is 24.4. The fraction of sp³-hybridized carbons (Fsp3) is 0.864. The van der Waals surface area contributed by atoms with Crippen molar-refractivity contribution in [1.82, 2.24) is 30.7 Å². The molecule has 0 atom stereocenters. The molecule has 178 valence electrons. The molecule has 3 rings (SSSR count). The Labute approximate surface area is 187 Å². The zero-order valence-electron chi connectivity index (χ0n) is 19.1. The molecule has 31 heavy (non-hydrogen) atoms. The van der Waals surface area contributed by atoms with E-state index in [0.29, 0.717) is 0 Å². The van der Waals surface area contributed by atoms with Crippen molar-refractivity contribution >= 4 is 5.97 Å². The number of nitrogens with one attached hydrogen (secondary N) is 3. The second kappa shape index (κ2) is 12.7. The van der Waals surface area contributed by atoms with E-state index in [2.05, 4.69) is 30.7 Å². The van der Waals surface area contributed by atoms with E-state index in [1.807, 2.05) is 6.08 Å². The van der Waals surface area contributed by atoms with Crippen molar-refractivity contribution in [2.45, 2.75) is 19.3 Å². The Morgan fingerprint density at radius 3 is 1.35 bits per heavy atom. The first-order chi connectivity index (χ1) is 15.1. The van der Waals surface area contributed by atoms with Crippen molar-refractivity contribution in [3.05, 3.63) is 11.8 Å². The summed E-state index contributed by atoms with van der Waals surface area (Å²) in [4.78, 5) is 19.2. The molecule has 0 aromatic rings. The van der Waals surface area contributed by atoms with Crippen LogP contribution >= 0.6 is 0 Å². The number of carboxylic acid groups (broad SMARTS) is 1. The van der Waals surface area contributed by atoms with Gasteiger partial charge < -0.3 is 41.5 Å². The molecule has 0 aromatic carbocycles. The standard InChI is InChI=1S/C22H43N7O2/c23-20(21(30)31)19-22(1-10-27-13-4-24-5-14-27,2-11-28-15-6-25-7-16-28)3-12-29-17-8-26-9-18-29/h19,24-26H,1-18,23H2,(H,30,31)/b20-19-. The van der Waals surface area contributed by atoms with Crippen molar-refractivity contribution in [2.24, 2.45) is 11.1 Å². The largest absolute Gasteiger partial charge is 0.477 e. The fourth-order valence-corrected chi connectivity index (χ4v) is 4.93. The zero-order chi connectivity index (χ0) is 21.9. The summed E-state index contributed by atoms with van der Waals surface area (Å²) in [6.07, 6.45) is 4.78. The molecule has 6 N–H and O–H groups in total. The Balaban J connectivity index is 1.72. The average Bonchev–Trinajstić information content (AvgIpc) is 2.82. The van der Waals surface area contributed by atoms with Crippen LogP contribution in [0.15, 0.2) is 11.8 Å². The molecule has 3 heterocycles. The Morgan fingerprint density at radius 2 is 1.06 bits per heavy atom. The molecule has 0 amide bonds. The first-order valence-electron chi connectivity index (χ1n) is 12.1. The van der Waals surface area contributed by atoms with Gasteiger partial charge >= 0.3 is 5.97 Å². The molecule has 3 saturated heterocycles. The van der Waals surface area contributed by atoms with E-state index in [1.54, 1.807) is 0 Å². The first-order valence-corrected chi connectivity index (χ1v) is 12.1. The maximum atomic E-state index is 11.6. The highest BCUT2D eigenvalue weighted by Gasteiger charge is 2.31. The zero-order valence-corrected chi connectivity index (χ0v) is 19.1. The van der Waals surface area contributed by atoms with Crippen LogP contribution in [0.5, 0.6) is 0 Å². The Kier molecular flexibility index (Phi) is 10.0. The van der Waals surface area contributed by atoms with Gasteiger partial charge in [0.25, 0.3) is 0 Å². The summed E-state index contributed by atoms with van der Waals surface area (Å²) < 4.78 is 0. The Bertz CT molecular complexity index is 513. The third-order valence-electron chi connectivity index (χ3n) is 7.12. The van der Waals surface area contributed by atoms with Crippen molar-refractivity contribution < 1.29 is 9.90 Å². The molecule has 9 nitrogen and oxygen atoms in total. The van der Waals surface area contributed by atoms with Crippen LogP contribution in [0.2, 0.25) is 0 Å². The Morgan fingerprint density at radius 1 is 0.742 bits per heavy atom. The molecule has 0 aliphatic carbocycles. The summed E-state index contributed by atoms with van der Waals surface area (Å²) >= 11 is 0. The van der Waals surface area contributed by atoms with Crippen LogP contribution < -0.4 is 21.7 Å². The van der Waals surface area contributed by atoms with Gasteiger partial charge in [-0.1, -0.05) is 0 Å². The summed E-state index contributed by atoms with van der Waals surface area (Å²) in [6, 6.07) is 0. The third-order valence-corrected chi connectivity index (χ3v) is 7.12. The van der Waals surface area contributed by atoms with Gasteiger partial charge in [0, 0.05) is 78.5 Å². The summed E-state index contributed by atoms with van der Waals surface area (Å²) in [7, 11) is 0. The van der Waals surface area contributed by atoms with Gasteiger partial charge in [0.15, 0.2) is 0 Å². The highest BCUT2D eigenvalue weighted by molar-refractivity contribution is 5.85. The molecule has 0 unspecified atom stereocenters. The van der Waals surface area contributed by atoms with Crippen molar-refractivity contribution in [1.29, 1.82) is 0 Å². The van der Waals surface area contributed by atoms with Crippen LogP contribution in [0.4, 0.5) is 0 Å². The molecular formula is C22H43N7O2. The van der Waals surface area contributed by atoms with Gasteiger partial charge in [-0.2, -0.15) is 0 Å². The fourth-order valence-electron chi connectivity index (χ4n) is 4.93. The number of rotatable bonds is 11. The molecule has 3 fully saturated rings. The number of carbonyl (C=O) groups is 1. The lowest BCUT2D eigenvalue weighted by Gasteiger charge is -2.39. The number of allylic oxidation sites excluding steroid dienone is 1. The van der Waals surface area contributed by atoms with E-state index in [9.17, 15) is 9.90 Å². The van der Waals surface area contributed by atoms with Crippen molar-refractivity contribution in [2.75, 3.05) is 98.2 Å². The van der Waals surface area contributed by atoms with Crippen LogP contribution in [0, 0.1) is 5.41 Å². The van der Waals surface area contributed by atoms with Gasteiger partial charge in [-0.3, -0.25) is 0 Å². The lowest BCUT2D eigenvalue weighted by atomic mass is 9.76. The van der Waals surface area contributed by atoms with E-state index in [0.717, 1.165) is 117 Å². The summed E-state index contributed by atoms with van der Waals surface area (Å²) in [6.45, 7) is 15.5. The number of hydrogen-bond acceptors (Lipinski definition) is 8. The van der Waals surface area contributed by atoms with Gasteiger partial charge in [0.05, 0.1) is 0 Å². The molecule has 3 aliphatic rings. The van der Waals surface area contributed by atoms with E-state index < -0.39 is 5.97 Å². The molecule has 9 heteroatoms. The summed E-state index contributed by atoms with van der Waals surface area (Å²) in [5.74, 6) is -1.00. The highest BCUT2D eigenvalue weighted by atomic mass is 16.4. The maximum Gasteiger partial charge on any atom is 0.351 e. The molecule has 3 aliphatic heterocycles. The van der Waals surface area contributed by atoms with Crippen LogP contribution in [0.25, 0.3) is 0 Å². The quantitative estimate of drug-likeness (QED) is 0.254. The Hall–Kier alpha value is -1.23. The minimum Gasteiger partial charge on any atom is -0.477 e. The predicted molar refractivity (Wildman–Crippen MR) is 124 cm³/mol. The van der Waals surface area contributed by atoms with E-state index in [4.69, 9.17) is 5.73 Å². The average molecular weight is 438 g/mol. The lowest BCUT2D eigenvalue weighted by molar-refractivity contribution is -0.132. The maximum absolute atomic E-state index is 11.6. The highest BCUT2D eigenvalue weighted by Crippen LogP contribution is 2.35. The van der Waals surface area contributed by atoms with Crippen molar-refractivity contribution in [3.63, 3.8) is 0 Å². The normalized spacial score (nSPS) is 23.2. The SMILES string of the molecule is N/C(=C\C(CCN1CCNCC1)(CCN1CCNCC1)CCN1CCNCC1)C(=O)O. The molecule has 0 spiro atoms. The van der Waals surface area contributed by atoms with Crippen LogP contribution in [-0.2, 0) is 4.79 Å². The van der Waals surface area contributed by atoms with Crippen LogP contribution in [0.1, 0.15) is 19.3 Å². The summed E-state index contributed by atoms with van der Waals surface area (Å²) in [5.41, 5.74) is 5.83. The molecular weight excluding hydrogens is 394 g/mol.